The number of nitrogens with zero attached hydrogens (tertiary/aromatic N) is 2. The van der Waals surface area contributed by atoms with Crippen LogP contribution in [0.2, 0.25) is 0 Å². The van der Waals surface area contributed by atoms with Crippen LogP contribution in [0.3, 0.4) is 0 Å². The van der Waals surface area contributed by atoms with E-state index in [-0.39, 0.29) is 5.82 Å². The highest BCUT2D eigenvalue weighted by Crippen LogP contribution is 2.19. The summed E-state index contributed by atoms with van der Waals surface area (Å²) >= 11 is 0. The third-order valence-electron chi connectivity index (χ3n) is 2.49. The van der Waals surface area contributed by atoms with Crippen molar-refractivity contribution in [3.8, 4) is 0 Å². The van der Waals surface area contributed by atoms with Crippen LogP contribution >= 0.6 is 0 Å². The summed E-state index contributed by atoms with van der Waals surface area (Å²) in [7, 11) is 0. The molecule has 2 aromatic rings. The van der Waals surface area contributed by atoms with Crippen molar-refractivity contribution >= 4 is 17.5 Å². The Balaban J connectivity index is 2.28. The fourth-order valence-corrected chi connectivity index (χ4v) is 1.62. The number of hydrogen-bond donors (Lipinski definition) is 2. The van der Waals surface area contributed by atoms with Crippen molar-refractivity contribution in [1.29, 1.82) is 0 Å². The van der Waals surface area contributed by atoms with E-state index in [2.05, 4.69) is 15.3 Å². The van der Waals surface area contributed by atoms with E-state index in [4.69, 9.17) is 5.11 Å². The summed E-state index contributed by atoms with van der Waals surface area (Å²) in [4.78, 5) is 18.3. The normalized spacial score (nSPS) is 10.1. The second-order valence-corrected chi connectivity index (χ2v) is 4.01. The summed E-state index contributed by atoms with van der Waals surface area (Å²) in [6, 6.07) is 7.59. The van der Waals surface area contributed by atoms with E-state index in [9.17, 15) is 4.79 Å². The van der Waals surface area contributed by atoms with Gasteiger partial charge in [-0.05, 0) is 31.5 Å². The molecule has 1 heterocycles. The minimum absolute atomic E-state index is 0.218. The maximum atomic E-state index is 10.8. The Morgan fingerprint density at radius 1 is 1.28 bits per heavy atom. The van der Waals surface area contributed by atoms with Gasteiger partial charge >= 0.3 is 5.97 Å². The van der Waals surface area contributed by atoms with Crippen molar-refractivity contribution in [3.63, 3.8) is 0 Å². The molecule has 1 aromatic heterocycles. The van der Waals surface area contributed by atoms with Crippen LogP contribution in [-0.2, 0) is 0 Å². The Kier molecular flexibility index (Phi) is 3.23. The van der Waals surface area contributed by atoms with E-state index in [0.717, 1.165) is 11.3 Å². The number of benzene rings is 1. The van der Waals surface area contributed by atoms with E-state index < -0.39 is 5.97 Å². The standard InChI is InChI=1S/C13H13N3O2/c1-8-3-4-10(9(2)7-8)15-11-5-6-14-12(16-11)13(17)18/h3-7H,1-2H3,(H,17,18)(H,14,15,16). The molecule has 0 saturated carbocycles. The molecule has 0 spiro atoms. The Morgan fingerprint density at radius 2 is 2.06 bits per heavy atom. The van der Waals surface area contributed by atoms with E-state index in [1.54, 1.807) is 6.07 Å². The number of aryl methyl sites for hydroxylation is 2. The second-order valence-electron chi connectivity index (χ2n) is 4.01. The molecular weight excluding hydrogens is 230 g/mol. The van der Waals surface area contributed by atoms with Gasteiger partial charge in [0.1, 0.15) is 5.82 Å². The highest BCUT2D eigenvalue weighted by molar-refractivity contribution is 5.83. The van der Waals surface area contributed by atoms with Crippen LogP contribution < -0.4 is 5.32 Å². The molecule has 0 radical (unpaired) electrons. The summed E-state index contributed by atoms with van der Waals surface area (Å²) in [5.41, 5.74) is 3.15. The van der Waals surface area contributed by atoms with Crippen molar-refractivity contribution in [2.45, 2.75) is 13.8 Å². The number of rotatable bonds is 3. The molecule has 0 fully saturated rings. The molecule has 5 nitrogen and oxygen atoms in total. The first-order chi connectivity index (χ1) is 8.56. The van der Waals surface area contributed by atoms with Gasteiger partial charge < -0.3 is 10.4 Å². The summed E-state index contributed by atoms with van der Waals surface area (Å²) in [6.45, 7) is 4.00. The molecule has 18 heavy (non-hydrogen) atoms. The van der Waals surface area contributed by atoms with Crippen LogP contribution in [0.5, 0.6) is 0 Å². The lowest BCUT2D eigenvalue weighted by molar-refractivity contribution is 0.0683. The van der Waals surface area contributed by atoms with Crippen LogP contribution in [-0.4, -0.2) is 21.0 Å². The molecule has 0 aliphatic heterocycles. The third-order valence-corrected chi connectivity index (χ3v) is 2.49. The van der Waals surface area contributed by atoms with Crippen LogP contribution in [0, 0.1) is 13.8 Å². The Morgan fingerprint density at radius 3 is 2.72 bits per heavy atom. The van der Waals surface area contributed by atoms with Gasteiger partial charge in [-0.1, -0.05) is 17.7 Å². The predicted molar refractivity (Wildman–Crippen MR) is 68.2 cm³/mol. The lowest BCUT2D eigenvalue weighted by atomic mass is 10.1. The monoisotopic (exact) mass is 243 g/mol. The number of carbonyl (C=O) groups is 1. The zero-order valence-corrected chi connectivity index (χ0v) is 10.1. The lowest BCUT2D eigenvalue weighted by Gasteiger charge is -2.09. The zero-order valence-electron chi connectivity index (χ0n) is 10.1. The molecule has 2 N–H and O–H groups in total. The molecule has 0 bridgehead atoms. The third kappa shape index (κ3) is 2.63. The number of aromatic carboxylic acids is 1. The molecule has 0 atom stereocenters. The first-order valence-electron chi connectivity index (χ1n) is 5.47. The molecule has 0 amide bonds. The smallest absolute Gasteiger partial charge is 0.374 e. The number of nitrogens with one attached hydrogen (secondary N) is 1. The molecule has 0 unspecified atom stereocenters. The number of anilines is 2. The molecule has 5 heteroatoms. The van der Waals surface area contributed by atoms with Crippen molar-refractivity contribution in [3.05, 3.63) is 47.4 Å². The first kappa shape index (κ1) is 12.0. The fraction of sp³-hybridized carbons (Fsp3) is 0.154. The van der Waals surface area contributed by atoms with Gasteiger partial charge in [0.05, 0.1) is 0 Å². The van der Waals surface area contributed by atoms with Gasteiger partial charge in [0.25, 0.3) is 0 Å². The van der Waals surface area contributed by atoms with E-state index in [1.165, 1.54) is 11.8 Å². The SMILES string of the molecule is Cc1ccc(Nc2ccnc(C(=O)O)n2)c(C)c1. The van der Waals surface area contributed by atoms with Gasteiger partial charge in [-0.2, -0.15) is 0 Å². The Hall–Kier alpha value is -2.43. The number of carboxylic acid groups (broad SMARTS) is 1. The van der Waals surface area contributed by atoms with E-state index in [1.807, 2.05) is 32.0 Å². The van der Waals surface area contributed by atoms with Crippen molar-refractivity contribution < 1.29 is 9.90 Å². The summed E-state index contributed by atoms with van der Waals surface area (Å²) < 4.78 is 0. The fourth-order valence-electron chi connectivity index (χ4n) is 1.62. The van der Waals surface area contributed by atoms with Gasteiger partial charge in [0, 0.05) is 11.9 Å². The van der Waals surface area contributed by atoms with Crippen molar-refractivity contribution in [2.24, 2.45) is 0 Å². The molecule has 0 aliphatic carbocycles. The highest BCUT2D eigenvalue weighted by atomic mass is 16.4. The molecule has 1 aromatic carbocycles. The molecule has 0 saturated heterocycles. The van der Waals surface area contributed by atoms with Crippen LogP contribution in [0.25, 0.3) is 0 Å². The van der Waals surface area contributed by atoms with Crippen molar-refractivity contribution in [2.75, 3.05) is 5.32 Å². The Bertz CT molecular complexity index is 597. The van der Waals surface area contributed by atoms with Crippen LogP contribution in [0.1, 0.15) is 21.7 Å². The van der Waals surface area contributed by atoms with Gasteiger partial charge in [-0.3, -0.25) is 0 Å². The zero-order chi connectivity index (χ0) is 13.1. The van der Waals surface area contributed by atoms with E-state index in [0.29, 0.717) is 5.82 Å². The Labute approximate surface area is 105 Å². The van der Waals surface area contributed by atoms with Gasteiger partial charge in [0.15, 0.2) is 0 Å². The minimum atomic E-state index is -1.14. The minimum Gasteiger partial charge on any atom is -0.475 e. The maximum absolute atomic E-state index is 10.8. The number of hydrogen-bond acceptors (Lipinski definition) is 4. The summed E-state index contributed by atoms with van der Waals surface area (Å²) in [5, 5.41) is 11.9. The number of aromatic nitrogens is 2. The van der Waals surface area contributed by atoms with Crippen molar-refractivity contribution in [1.82, 2.24) is 9.97 Å². The second kappa shape index (κ2) is 4.83. The highest BCUT2D eigenvalue weighted by Gasteiger charge is 2.07. The average molecular weight is 243 g/mol. The largest absolute Gasteiger partial charge is 0.475 e. The summed E-state index contributed by atoms with van der Waals surface area (Å²) in [6.07, 6.45) is 1.42. The van der Waals surface area contributed by atoms with Gasteiger partial charge in [0.2, 0.25) is 5.82 Å². The first-order valence-corrected chi connectivity index (χ1v) is 5.47. The number of carboxylic acids is 1. The molecular formula is C13H13N3O2. The van der Waals surface area contributed by atoms with Gasteiger partial charge in [-0.25, -0.2) is 14.8 Å². The topological polar surface area (TPSA) is 75.1 Å². The maximum Gasteiger partial charge on any atom is 0.374 e. The van der Waals surface area contributed by atoms with Gasteiger partial charge in [-0.15, -0.1) is 0 Å². The van der Waals surface area contributed by atoms with E-state index >= 15 is 0 Å². The molecule has 0 aliphatic rings. The quantitative estimate of drug-likeness (QED) is 0.866. The predicted octanol–water partition coefficient (Wildman–Crippen LogP) is 2.54. The average Bonchev–Trinajstić information content (AvgIpc) is 2.33. The summed E-state index contributed by atoms with van der Waals surface area (Å²) in [5.74, 6) is -0.890. The molecule has 92 valence electrons. The van der Waals surface area contributed by atoms with Crippen LogP contribution in [0.15, 0.2) is 30.5 Å². The lowest BCUT2D eigenvalue weighted by Crippen LogP contribution is -2.06. The molecule has 2 rings (SSSR count). The van der Waals surface area contributed by atoms with Crippen LogP contribution in [0.4, 0.5) is 11.5 Å².